The molecule has 0 unspecified atom stereocenters. The number of nitrogens with zero attached hydrogens (tertiary/aromatic N) is 2. The second-order valence-corrected chi connectivity index (χ2v) is 2.42. The van der Waals surface area contributed by atoms with Crippen LogP contribution >= 0.6 is 0 Å². The third kappa shape index (κ3) is 4.59. The van der Waals surface area contributed by atoms with Crippen LogP contribution in [0.2, 0.25) is 0 Å². The highest BCUT2D eigenvalue weighted by molar-refractivity contribution is 5.77. The molecule has 0 atom stereocenters. The van der Waals surface area contributed by atoms with Gasteiger partial charge in [-0.3, -0.25) is 5.01 Å². The van der Waals surface area contributed by atoms with Gasteiger partial charge in [0.2, 0.25) is 0 Å². The molecule has 0 heterocycles. The lowest BCUT2D eigenvalue weighted by molar-refractivity contribution is 0.323. The van der Waals surface area contributed by atoms with Crippen molar-refractivity contribution in [2.75, 3.05) is 13.1 Å². The lowest BCUT2D eigenvalue weighted by Gasteiger charge is -2.12. The summed E-state index contributed by atoms with van der Waals surface area (Å²) in [5.74, 6) is 0. The van der Waals surface area contributed by atoms with E-state index < -0.39 is 0 Å². The Morgan fingerprint density at radius 1 is 1.36 bits per heavy atom. The van der Waals surface area contributed by atoms with Gasteiger partial charge >= 0.3 is 0 Å². The fourth-order valence-electron chi connectivity index (χ4n) is 0.634. The van der Waals surface area contributed by atoms with E-state index in [1.165, 1.54) is 5.57 Å². The molecule has 0 bridgehead atoms. The first-order chi connectivity index (χ1) is 5.24. The van der Waals surface area contributed by atoms with E-state index >= 15 is 0 Å². The van der Waals surface area contributed by atoms with Gasteiger partial charge in [-0.15, -0.1) is 0 Å². The zero-order valence-corrected chi connectivity index (χ0v) is 7.96. The van der Waals surface area contributed by atoms with Crippen molar-refractivity contribution >= 4 is 6.21 Å². The van der Waals surface area contributed by atoms with Gasteiger partial charge < -0.3 is 0 Å². The molecule has 0 N–H and O–H groups in total. The molecule has 0 rings (SSSR count). The SMILES string of the molecule is C/C=C(C)/C=N\N(CC)CC. The van der Waals surface area contributed by atoms with E-state index in [1.807, 2.05) is 31.1 Å². The minimum absolute atomic E-state index is 0.976. The van der Waals surface area contributed by atoms with Crippen LogP contribution in [0, 0.1) is 0 Å². The van der Waals surface area contributed by atoms with Crippen LogP contribution in [0.4, 0.5) is 0 Å². The molecule has 0 radical (unpaired) electrons. The maximum Gasteiger partial charge on any atom is 0.0496 e. The minimum atomic E-state index is 0.976. The molecule has 64 valence electrons. The lowest BCUT2D eigenvalue weighted by Crippen LogP contribution is -2.15. The summed E-state index contributed by atoms with van der Waals surface area (Å²) < 4.78 is 0. The Labute approximate surface area is 69.6 Å². The third-order valence-corrected chi connectivity index (χ3v) is 1.61. The van der Waals surface area contributed by atoms with E-state index in [0.29, 0.717) is 0 Å². The highest BCUT2D eigenvalue weighted by Crippen LogP contribution is 1.90. The smallest absolute Gasteiger partial charge is 0.0496 e. The number of hydrogen-bond donors (Lipinski definition) is 0. The molecule has 0 amide bonds. The fourth-order valence-corrected chi connectivity index (χ4v) is 0.634. The van der Waals surface area contributed by atoms with Crippen LogP contribution in [-0.2, 0) is 0 Å². The molecule has 11 heavy (non-hydrogen) atoms. The largest absolute Gasteiger partial charge is 0.298 e. The predicted molar refractivity (Wildman–Crippen MR) is 50.8 cm³/mol. The maximum atomic E-state index is 4.27. The van der Waals surface area contributed by atoms with Gasteiger partial charge in [0, 0.05) is 19.3 Å². The predicted octanol–water partition coefficient (Wildman–Crippen LogP) is 2.28. The zero-order chi connectivity index (χ0) is 8.69. The summed E-state index contributed by atoms with van der Waals surface area (Å²) in [5, 5.41) is 6.29. The molecule has 0 saturated carbocycles. The van der Waals surface area contributed by atoms with Gasteiger partial charge in [0.05, 0.1) is 0 Å². The van der Waals surface area contributed by atoms with Crippen LogP contribution in [0.1, 0.15) is 27.7 Å². The summed E-state index contributed by atoms with van der Waals surface area (Å²) in [4.78, 5) is 0. The summed E-state index contributed by atoms with van der Waals surface area (Å²) in [6.07, 6.45) is 3.94. The van der Waals surface area contributed by atoms with Gasteiger partial charge in [-0.05, 0) is 33.3 Å². The third-order valence-electron chi connectivity index (χ3n) is 1.61. The van der Waals surface area contributed by atoms with Crippen molar-refractivity contribution in [2.24, 2.45) is 5.10 Å². The van der Waals surface area contributed by atoms with Crippen LogP contribution in [-0.4, -0.2) is 24.3 Å². The Bertz CT molecular complexity index is 144. The number of rotatable bonds is 4. The second kappa shape index (κ2) is 5.96. The van der Waals surface area contributed by atoms with Crippen molar-refractivity contribution in [3.63, 3.8) is 0 Å². The first-order valence-corrected chi connectivity index (χ1v) is 4.16. The fraction of sp³-hybridized carbons (Fsp3) is 0.667. The molecule has 0 aliphatic heterocycles. The van der Waals surface area contributed by atoms with Gasteiger partial charge in [-0.1, -0.05) is 6.08 Å². The van der Waals surface area contributed by atoms with Crippen LogP contribution < -0.4 is 0 Å². The lowest BCUT2D eigenvalue weighted by atomic mass is 10.3. The topological polar surface area (TPSA) is 15.6 Å². The van der Waals surface area contributed by atoms with Crippen LogP contribution in [0.3, 0.4) is 0 Å². The summed E-state index contributed by atoms with van der Waals surface area (Å²) in [5.41, 5.74) is 1.21. The van der Waals surface area contributed by atoms with Crippen molar-refractivity contribution in [1.29, 1.82) is 0 Å². The summed E-state index contributed by atoms with van der Waals surface area (Å²) >= 11 is 0. The number of hydrazone groups is 1. The van der Waals surface area contributed by atoms with Gasteiger partial charge in [-0.2, -0.15) is 5.10 Å². The first kappa shape index (κ1) is 10.2. The van der Waals surface area contributed by atoms with Crippen molar-refractivity contribution in [3.8, 4) is 0 Å². The van der Waals surface area contributed by atoms with Gasteiger partial charge in [0.15, 0.2) is 0 Å². The Balaban J connectivity index is 3.88. The molecule has 2 nitrogen and oxygen atoms in total. The molecule has 0 fully saturated rings. The molecule has 0 saturated heterocycles. The monoisotopic (exact) mass is 154 g/mol. The first-order valence-electron chi connectivity index (χ1n) is 4.16. The molecular formula is C9H18N2. The van der Waals surface area contributed by atoms with E-state index in [0.717, 1.165) is 13.1 Å². The Hall–Kier alpha value is -0.790. The number of hydrogen-bond acceptors (Lipinski definition) is 2. The van der Waals surface area contributed by atoms with Crippen molar-refractivity contribution in [2.45, 2.75) is 27.7 Å². The average Bonchev–Trinajstić information content (AvgIpc) is 2.06. The van der Waals surface area contributed by atoms with Crippen LogP contribution in [0.25, 0.3) is 0 Å². The van der Waals surface area contributed by atoms with E-state index in [-0.39, 0.29) is 0 Å². The molecule has 0 aliphatic rings. The van der Waals surface area contributed by atoms with Gasteiger partial charge in [-0.25, -0.2) is 0 Å². The molecule has 0 aromatic rings. The highest BCUT2D eigenvalue weighted by atomic mass is 15.4. The number of allylic oxidation sites excluding steroid dienone is 2. The molecule has 0 aliphatic carbocycles. The van der Waals surface area contributed by atoms with Crippen LogP contribution in [0.15, 0.2) is 16.8 Å². The maximum absolute atomic E-state index is 4.27. The van der Waals surface area contributed by atoms with E-state index in [2.05, 4.69) is 18.9 Å². The molecule has 0 spiro atoms. The normalized spacial score (nSPS) is 12.5. The van der Waals surface area contributed by atoms with Crippen molar-refractivity contribution < 1.29 is 0 Å². The second-order valence-electron chi connectivity index (χ2n) is 2.42. The Morgan fingerprint density at radius 2 is 1.91 bits per heavy atom. The quantitative estimate of drug-likeness (QED) is 0.448. The minimum Gasteiger partial charge on any atom is -0.298 e. The van der Waals surface area contributed by atoms with Gasteiger partial charge in [0.25, 0.3) is 0 Å². The zero-order valence-electron chi connectivity index (χ0n) is 7.96. The van der Waals surface area contributed by atoms with Crippen LogP contribution in [0.5, 0.6) is 0 Å². The molecule has 0 aromatic carbocycles. The average molecular weight is 154 g/mol. The summed E-state index contributed by atoms with van der Waals surface area (Å²) in [7, 11) is 0. The van der Waals surface area contributed by atoms with E-state index in [9.17, 15) is 0 Å². The van der Waals surface area contributed by atoms with Gasteiger partial charge in [0.1, 0.15) is 0 Å². The summed E-state index contributed by atoms with van der Waals surface area (Å²) in [6.45, 7) is 10.2. The Kier molecular flexibility index (Phi) is 5.53. The Morgan fingerprint density at radius 3 is 2.27 bits per heavy atom. The molecule has 0 aromatic heterocycles. The molecular weight excluding hydrogens is 136 g/mol. The summed E-state index contributed by atoms with van der Waals surface area (Å²) in [6, 6.07) is 0. The van der Waals surface area contributed by atoms with E-state index in [1.54, 1.807) is 0 Å². The van der Waals surface area contributed by atoms with Crippen molar-refractivity contribution in [3.05, 3.63) is 11.6 Å². The highest BCUT2D eigenvalue weighted by Gasteiger charge is 1.89. The van der Waals surface area contributed by atoms with E-state index in [4.69, 9.17) is 0 Å². The standard InChI is InChI=1S/C9H18N2/c1-5-9(4)8-10-11(6-2)7-3/h5,8H,6-7H2,1-4H3/b9-5+,10-8-. The van der Waals surface area contributed by atoms with Crippen molar-refractivity contribution in [1.82, 2.24) is 5.01 Å². The molecule has 2 heteroatoms.